The van der Waals surface area contributed by atoms with Crippen molar-refractivity contribution in [3.63, 3.8) is 0 Å². The highest BCUT2D eigenvalue weighted by Crippen LogP contribution is 2.08. The maximum Gasteiger partial charge on any atom is 0.189 e. The van der Waals surface area contributed by atoms with Crippen LogP contribution in [0.2, 0.25) is 0 Å². The Kier molecular flexibility index (Phi) is 5.79. The highest BCUT2D eigenvalue weighted by Gasteiger charge is 2.09. The van der Waals surface area contributed by atoms with Gasteiger partial charge in [0.15, 0.2) is 5.84 Å². The molecule has 5 nitrogen and oxygen atoms in total. The van der Waals surface area contributed by atoms with E-state index in [9.17, 15) is 0 Å². The first-order valence-corrected chi connectivity index (χ1v) is 6.67. The lowest BCUT2D eigenvalue weighted by Crippen LogP contribution is -2.24. The van der Waals surface area contributed by atoms with Gasteiger partial charge in [0, 0.05) is 25.0 Å². The van der Waals surface area contributed by atoms with Crippen molar-refractivity contribution in [3.8, 4) is 0 Å². The van der Waals surface area contributed by atoms with Gasteiger partial charge >= 0.3 is 0 Å². The molecule has 94 valence electrons. The molecule has 0 saturated heterocycles. The molecule has 0 saturated carbocycles. The largest absolute Gasteiger partial charge is 0.409 e. The minimum absolute atomic E-state index is 0.0545. The average molecular weight is 254 g/mol. The summed E-state index contributed by atoms with van der Waals surface area (Å²) in [5.74, 6) is 1.13. The second-order valence-corrected chi connectivity index (χ2v) is 4.71. The second-order valence-electron chi connectivity index (χ2n) is 3.73. The second kappa shape index (κ2) is 7.13. The SMILES string of the molecule is CSCCN(C)Cc1cccnc1/C(N)=N/O. The van der Waals surface area contributed by atoms with E-state index in [-0.39, 0.29) is 5.84 Å². The van der Waals surface area contributed by atoms with E-state index in [0.29, 0.717) is 5.69 Å². The Bertz CT molecular complexity index is 383. The number of hydrogen-bond acceptors (Lipinski definition) is 5. The highest BCUT2D eigenvalue weighted by atomic mass is 32.2. The molecule has 1 rings (SSSR count). The molecule has 1 aromatic rings. The van der Waals surface area contributed by atoms with E-state index in [1.165, 1.54) is 0 Å². The fourth-order valence-corrected chi connectivity index (χ4v) is 1.96. The van der Waals surface area contributed by atoms with Crippen molar-refractivity contribution in [2.45, 2.75) is 6.54 Å². The van der Waals surface area contributed by atoms with Crippen molar-refractivity contribution < 1.29 is 5.21 Å². The molecule has 17 heavy (non-hydrogen) atoms. The Labute approximate surface area is 106 Å². The van der Waals surface area contributed by atoms with Gasteiger partial charge in [0.1, 0.15) is 5.69 Å². The van der Waals surface area contributed by atoms with Crippen LogP contribution in [-0.4, -0.2) is 46.5 Å². The van der Waals surface area contributed by atoms with E-state index in [1.807, 2.05) is 30.9 Å². The summed E-state index contributed by atoms with van der Waals surface area (Å²) < 4.78 is 0. The lowest BCUT2D eigenvalue weighted by Gasteiger charge is -2.17. The van der Waals surface area contributed by atoms with Crippen LogP contribution in [0.15, 0.2) is 23.5 Å². The van der Waals surface area contributed by atoms with Gasteiger partial charge in [-0.25, -0.2) is 0 Å². The molecule has 0 unspecified atom stereocenters. The van der Waals surface area contributed by atoms with Crippen molar-refractivity contribution >= 4 is 17.6 Å². The molecule has 1 heterocycles. The Morgan fingerprint density at radius 3 is 3.06 bits per heavy atom. The van der Waals surface area contributed by atoms with Crippen molar-refractivity contribution in [2.75, 3.05) is 25.6 Å². The van der Waals surface area contributed by atoms with Gasteiger partial charge in [-0.05, 0) is 24.9 Å². The van der Waals surface area contributed by atoms with Gasteiger partial charge in [-0.1, -0.05) is 11.2 Å². The number of nitrogens with zero attached hydrogens (tertiary/aromatic N) is 3. The number of oxime groups is 1. The first-order valence-electron chi connectivity index (χ1n) is 5.28. The van der Waals surface area contributed by atoms with Gasteiger partial charge in [0.05, 0.1) is 0 Å². The van der Waals surface area contributed by atoms with Crippen LogP contribution in [0.1, 0.15) is 11.3 Å². The van der Waals surface area contributed by atoms with E-state index >= 15 is 0 Å². The fourth-order valence-electron chi connectivity index (χ4n) is 1.46. The Hall–Kier alpha value is -1.27. The first-order chi connectivity index (χ1) is 8.19. The normalized spacial score (nSPS) is 12.1. The van der Waals surface area contributed by atoms with E-state index in [1.54, 1.807) is 6.20 Å². The zero-order valence-electron chi connectivity index (χ0n) is 10.1. The number of amidine groups is 1. The third kappa shape index (κ3) is 4.24. The predicted octanol–water partition coefficient (Wildman–Crippen LogP) is 0.971. The van der Waals surface area contributed by atoms with Crippen molar-refractivity contribution in [3.05, 3.63) is 29.6 Å². The molecule has 3 N–H and O–H groups in total. The van der Waals surface area contributed by atoms with Crippen molar-refractivity contribution in [1.29, 1.82) is 0 Å². The molecule has 1 aromatic heterocycles. The van der Waals surface area contributed by atoms with Crippen molar-refractivity contribution in [1.82, 2.24) is 9.88 Å². The molecule has 0 bridgehead atoms. The Balaban J connectivity index is 2.76. The van der Waals surface area contributed by atoms with E-state index in [2.05, 4.69) is 21.3 Å². The van der Waals surface area contributed by atoms with Gasteiger partial charge in [-0.3, -0.25) is 4.98 Å². The summed E-state index contributed by atoms with van der Waals surface area (Å²) in [5, 5.41) is 11.7. The molecule has 0 atom stereocenters. The van der Waals surface area contributed by atoms with E-state index < -0.39 is 0 Å². The van der Waals surface area contributed by atoms with Gasteiger partial charge in [0.2, 0.25) is 0 Å². The van der Waals surface area contributed by atoms with Crippen LogP contribution < -0.4 is 5.73 Å². The number of hydrogen-bond donors (Lipinski definition) is 2. The minimum atomic E-state index is 0.0545. The molecule has 0 aromatic carbocycles. The van der Waals surface area contributed by atoms with Gasteiger partial charge in [-0.2, -0.15) is 11.8 Å². The molecule has 6 heteroatoms. The van der Waals surface area contributed by atoms with Crippen LogP contribution in [0.5, 0.6) is 0 Å². The number of nitrogens with two attached hydrogens (primary N) is 1. The monoisotopic (exact) mass is 254 g/mol. The molecular formula is C11H18N4OS. The summed E-state index contributed by atoms with van der Waals surface area (Å²) in [4.78, 5) is 6.32. The van der Waals surface area contributed by atoms with Crippen LogP contribution in [0.4, 0.5) is 0 Å². The molecule has 0 amide bonds. The number of thioether (sulfide) groups is 1. The molecule has 0 spiro atoms. The zero-order chi connectivity index (χ0) is 12.7. The Morgan fingerprint density at radius 1 is 1.65 bits per heavy atom. The summed E-state index contributed by atoms with van der Waals surface area (Å²) >= 11 is 1.81. The zero-order valence-corrected chi connectivity index (χ0v) is 10.9. The molecule has 0 radical (unpaired) electrons. The number of rotatable bonds is 6. The summed E-state index contributed by atoms with van der Waals surface area (Å²) in [5.41, 5.74) is 7.10. The van der Waals surface area contributed by atoms with Crippen molar-refractivity contribution in [2.24, 2.45) is 10.9 Å². The minimum Gasteiger partial charge on any atom is -0.409 e. The predicted molar refractivity (Wildman–Crippen MR) is 71.5 cm³/mol. The summed E-state index contributed by atoms with van der Waals surface area (Å²) in [6.07, 6.45) is 3.72. The number of aromatic nitrogens is 1. The van der Waals surface area contributed by atoms with E-state index in [4.69, 9.17) is 10.9 Å². The third-order valence-corrected chi connectivity index (χ3v) is 2.95. The molecule has 0 aliphatic carbocycles. The van der Waals surface area contributed by atoms with Gasteiger partial charge < -0.3 is 15.8 Å². The van der Waals surface area contributed by atoms with Gasteiger partial charge in [0.25, 0.3) is 0 Å². The maximum atomic E-state index is 8.69. The first kappa shape index (κ1) is 13.8. The summed E-state index contributed by atoms with van der Waals surface area (Å²) in [6, 6.07) is 3.79. The van der Waals surface area contributed by atoms with E-state index in [0.717, 1.165) is 24.4 Å². The summed E-state index contributed by atoms with van der Waals surface area (Å²) in [6.45, 7) is 1.73. The molecule has 0 aliphatic rings. The third-order valence-electron chi connectivity index (χ3n) is 2.36. The number of pyridine rings is 1. The van der Waals surface area contributed by atoms with Crippen LogP contribution in [-0.2, 0) is 6.54 Å². The van der Waals surface area contributed by atoms with Crippen LogP contribution >= 0.6 is 11.8 Å². The lowest BCUT2D eigenvalue weighted by atomic mass is 10.1. The smallest absolute Gasteiger partial charge is 0.189 e. The molecule has 0 fully saturated rings. The maximum absolute atomic E-state index is 8.69. The topological polar surface area (TPSA) is 74.7 Å². The lowest BCUT2D eigenvalue weighted by molar-refractivity contribution is 0.318. The highest BCUT2D eigenvalue weighted by molar-refractivity contribution is 7.98. The fraction of sp³-hybridized carbons (Fsp3) is 0.455. The van der Waals surface area contributed by atoms with Gasteiger partial charge in [-0.15, -0.1) is 0 Å². The van der Waals surface area contributed by atoms with Crippen LogP contribution in [0, 0.1) is 0 Å². The quantitative estimate of drug-likeness (QED) is 0.342. The Morgan fingerprint density at radius 2 is 2.41 bits per heavy atom. The molecule has 0 aliphatic heterocycles. The molecular weight excluding hydrogens is 236 g/mol. The summed E-state index contributed by atoms with van der Waals surface area (Å²) in [7, 11) is 2.04. The van der Waals surface area contributed by atoms with Crippen LogP contribution in [0.3, 0.4) is 0 Å². The standard InChI is InChI=1S/C11H18N4OS/c1-15(6-7-17-2)8-9-4-3-5-13-10(9)11(12)14-16/h3-5,16H,6-8H2,1-2H3,(H2,12,14). The van der Waals surface area contributed by atoms with Crippen LogP contribution in [0.25, 0.3) is 0 Å². The average Bonchev–Trinajstić information content (AvgIpc) is 2.36.